The third-order valence-corrected chi connectivity index (χ3v) is 7.01. The van der Waals surface area contributed by atoms with E-state index in [1.165, 1.54) is 5.56 Å². The lowest BCUT2D eigenvalue weighted by Gasteiger charge is -2.14. The number of hydrogen-bond acceptors (Lipinski definition) is 4. The van der Waals surface area contributed by atoms with Crippen molar-refractivity contribution in [2.75, 3.05) is 5.75 Å². The largest absolute Gasteiger partial charge is 0.348 e. The Hall–Kier alpha value is -2.21. The number of rotatable bonds is 6. The predicted octanol–water partition coefficient (Wildman–Crippen LogP) is 3.49. The van der Waals surface area contributed by atoms with E-state index in [1.54, 1.807) is 37.4 Å². The molecule has 6 heteroatoms. The van der Waals surface area contributed by atoms with Gasteiger partial charge in [-0.3, -0.25) is 9.78 Å². The number of nitrogens with one attached hydrogen (secondary N) is 1. The summed E-state index contributed by atoms with van der Waals surface area (Å²) in [5.41, 5.74) is 3.74. The smallest absolute Gasteiger partial charge is 0.253 e. The monoisotopic (exact) mass is 386 g/mol. The summed E-state index contributed by atoms with van der Waals surface area (Å²) in [7, 11) is -3.20. The third-order valence-electron chi connectivity index (χ3n) is 5.26. The van der Waals surface area contributed by atoms with E-state index in [9.17, 15) is 13.2 Å². The molecule has 1 aliphatic carbocycles. The van der Waals surface area contributed by atoms with Crippen LogP contribution in [0.4, 0.5) is 0 Å². The number of hydrogen-bond donors (Lipinski definition) is 1. The van der Waals surface area contributed by atoms with Crippen molar-refractivity contribution in [3.63, 3.8) is 0 Å². The zero-order chi connectivity index (χ0) is 19.6. The molecular formula is C21H26N2O3S. The van der Waals surface area contributed by atoms with E-state index in [-0.39, 0.29) is 11.7 Å². The van der Waals surface area contributed by atoms with Gasteiger partial charge in [0.25, 0.3) is 5.91 Å². The number of carbonyl (C=O) groups excluding carboxylic acids is 1. The molecule has 1 aromatic heterocycles. The molecule has 0 bridgehead atoms. The van der Waals surface area contributed by atoms with E-state index in [0.717, 1.165) is 24.1 Å². The maximum Gasteiger partial charge on any atom is 0.253 e. The molecule has 2 aromatic rings. The Bertz CT molecular complexity index is 934. The lowest BCUT2D eigenvalue weighted by atomic mass is 9.93. The first-order chi connectivity index (χ1) is 12.8. The Labute approximate surface area is 161 Å². The molecule has 0 fully saturated rings. The maximum absolute atomic E-state index is 12.5. The van der Waals surface area contributed by atoms with Gasteiger partial charge in [0.05, 0.1) is 16.2 Å². The molecule has 1 heterocycles. The topological polar surface area (TPSA) is 76.1 Å². The van der Waals surface area contributed by atoms with Crippen LogP contribution in [-0.4, -0.2) is 25.1 Å². The van der Waals surface area contributed by atoms with Crippen LogP contribution in [0.25, 0.3) is 0 Å². The molecule has 0 radical (unpaired) electrons. The Morgan fingerprint density at radius 3 is 2.59 bits per heavy atom. The number of amides is 1. The summed E-state index contributed by atoms with van der Waals surface area (Å²) >= 11 is 0. The van der Waals surface area contributed by atoms with E-state index in [4.69, 9.17) is 0 Å². The lowest BCUT2D eigenvalue weighted by molar-refractivity contribution is 0.0950. The van der Waals surface area contributed by atoms with Crippen LogP contribution in [0.15, 0.2) is 41.4 Å². The molecule has 0 saturated carbocycles. The number of nitrogens with zero attached hydrogens (tertiary/aromatic N) is 1. The number of sulfone groups is 1. The summed E-state index contributed by atoms with van der Waals surface area (Å²) in [6.07, 6.45) is 3.73. The van der Waals surface area contributed by atoms with Gasteiger partial charge in [-0.15, -0.1) is 0 Å². The highest BCUT2D eigenvalue weighted by molar-refractivity contribution is 7.91. The van der Waals surface area contributed by atoms with Crippen molar-refractivity contribution in [2.45, 2.75) is 51.0 Å². The first-order valence-electron chi connectivity index (χ1n) is 9.40. The number of fused-ring (bicyclic) bond motifs is 1. The minimum atomic E-state index is -3.20. The Morgan fingerprint density at radius 1 is 1.26 bits per heavy atom. The van der Waals surface area contributed by atoms with Crippen LogP contribution in [0.2, 0.25) is 0 Å². The summed E-state index contributed by atoms with van der Waals surface area (Å²) in [6.45, 7) is 6.38. The molecule has 0 spiro atoms. The standard InChI is InChI=1S/C21H26N2O3S/c1-4-27(25,26)18-8-5-15(6-9-18)12-23-21(24)17-11-16-7-10-19(14(2)3)20(16)22-13-17/h5-6,8-9,11,13-14,19H,4,7,10,12H2,1-3H3,(H,23,24)/t19-/m0/s1. The Balaban J connectivity index is 1.65. The van der Waals surface area contributed by atoms with Crippen molar-refractivity contribution >= 4 is 15.7 Å². The van der Waals surface area contributed by atoms with E-state index in [1.807, 2.05) is 6.07 Å². The molecule has 0 aliphatic heterocycles. The van der Waals surface area contributed by atoms with Gasteiger partial charge in [0, 0.05) is 24.4 Å². The Morgan fingerprint density at radius 2 is 1.96 bits per heavy atom. The maximum atomic E-state index is 12.5. The lowest BCUT2D eigenvalue weighted by Crippen LogP contribution is -2.23. The number of pyridine rings is 1. The molecule has 1 atom stereocenters. The van der Waals surface area contributed by atoms with Gasteiger partial charge in [0.1, 0.15) is 0 Å². The first-order valence-corrected chi connectivity index (χ1v) is 11.1. The summed E-state index contributed by atoms with van der Waals surface area (Å²) in [5, 5.41) is 2.88. The second-order valence-corrected chi connectivity index (χ2v) is 9.67. The number of aromatic nitrogens is 1. The highest BCUT2D eigenvalue weighted by Crippen LogP contribution is 2.36. The molecule has 0 saturated heterocycles. The van der Waals surface area contributed by atoms with Gasteiger partial charge >= 0.3 is 0 Å². The highest BCUT2D eigenvalue weighted by atomic mass is 32.2. The van der Waals surface area contributed by atoms with Gasteiger partial charge in [-0.2, -0.15) is 0 Å². The van der Waals surface area contributed by atoms with Crippen LogP contribution in [-0.2, 0) is 22.8 Å². The van der Waals surface area contributed by atoms with Crippen LogP contribution in [0.5, 0.6) is 0 Å². The van der Waals surface area contributed by atoms with Crippen molar-refractivity contribution in [3.8, 4) is 0 Å². The number of aryl methyl sites for hydroxylation is 1. The van der Waals surface area contributed by atoms with Crippen LogP contribution in [0, 0.1) is 5.92 Å². The number of benzene rings is 1. The van der Waals surface area contributed by atoms with Gasteiger partial charge in [-0.1, -0.05) is 32.9 Å². The summed E-state index contributed by atoms with van der Waals surface area (Å²) < 4.78 is 23.7. The quantitative estimate of drug-likeness (QED) is 0.824. The fraction of sp³-hybridized carbons (Fsp3) is 0.429. The van der Waals surface area contributed by atoms with E-state index >= 15 is 0 Å². The molecule has 1 aliphatic rings. The van der Waals surface area contributed by atoms with Crippen molar-refractivity contribution in [2.24, 2.45) is 5.92 Å². The molecule has 1 N–H and O–H groups in total. The first kappa shape index (κ1) is 19.5. The van der Waals surface area contributed by atoms with Crippen molar-refractivity contribution in [1.29, 1.82) is 0 Å². The van der Waals surface area contributed by atoms with Crippen LogP contribution >= 0.6 is 0 Å². The van der Waals surface area contributed by atoms with Crippen molar-refractivity contribution in [1.82, 2.24) is 10.3 Å². The average Bonchev–Trinajstić information content (AvgIpc) is 3.10. The average molecular weight is 387 g/mol. The molecule has 27 heavy (non-hydrogen) atoms. The third kappa shape index (κ3) is 4.21. The van der Waals surface area contributed by atoms with Gasteiger partial charge in [-0.25, -0.2) is 8.42 Å². The zero-order valence-corrected chi connectivity index (χ0v) is 16.8. The normalized spacial score (nSPS) is 16.4. The van der Waals surface area contributed by atoms with Crippen molar-refractivity contribution in [3.05, 3.63) is 58.9 Å². The van der Waals surface area contributed by atoms with Gasteiger partial charge in [0.2, 0.25) is 0 Å². The van der Waals surface area contributed by atoms with Gasteiger partial charge in [0.15, 0.2) is 9.84 Å². The number of carbonyl (C=O) groups is 1. The van der Waals surface area contributed by atoms with E-state index in [0.29, 0.717) is 28.8 Å². The van der Waals surface area contributed by atoms with Crippen LogP contribution in [0.1, 0.15) is 60.3 Å². The highest BCUT2D eigenvalue weighted by Gasteiger charge is 2.27. The van der Waals surface area contributed by atoms with Crippen LogP contribution in [0.3, 0.4) is 0 Å². The zero-order valence-electron chi connectivity index (χ0n) is 16.0. The van der Waals surface area contributed by atoms with Gasteiger partial charge < -0.3 is 5.32 Å². The molecule has 144 valence electrons. The molecule has 1 amide bonds. The second-order valence-electron chi connectivity index (χ2n) is 7.39. The van der Waals surface area contributed by atoms with E-state index < -0.39 is 9.84 Å². The fourth-order valence-corrected chi connectivity index (χ4v) is 4.43. The summed E-state index contributed by atoms with van der Waals surface area (Å²) in [5.74, 6) is 0.947. The SMILES string of the molecule is CCS(=O)(=O)c1ccc(CNC(=O)c2cnc3c(c2)CC[C@H]3C(C)C)cc1. The van der Waals surface area contributed by atoms with E-state index in [2.05, 4.69) is 24.1 Å². The Kier molecular flexibility index (Phi) is 5.65. The molecule has 3 rings (SSSR count). The molecule has 5 nitrogen and oxygen atoms in total. The predicted molar refractivity (Wildman–Crippen MR) is 105 cm³/mol. The molecule has 1 aromatic carbocycles. The summed E-state index contributed by atoms with van der Waals surface area (Å²) in [6, 6.07) is 8.59. The fourth-order valence-electron chi connectivity index (χ4n) is 3.54. The minimum Gasteiger partial charge on any atom is -0.348 e. The van der Waals surface area contributed by atoms with Crippen molar-refractivity contribution < 1.29 is 13.2 Å². The van der Waals surface area contributed by atoms with Crippen LogP contribution < -0.4 is 5.32 Å². The molecular weight excluding hydrogens is 360 g/mol. The molecule has 0 unspecified atom stereocenters. The second kappa shape index (κ2) is 7.80. The minimum absolute atomic E-state index is 0.0755. The summed E-state index contributed by atoms with van der Waals surface area (Å²) in [4.78, 5) is 17.3. The van der Waals surface area contributed by atoms with Gasteiger partial charge in [-0.05, 0) is 48.1 Å².